The average molecular weight is 513 g/mol. The van der Waals surface area contributed by atoms with Crippen molar-refractivity contribution in [2.75, 3.05) is 31.1 Å². The number of hydrogen-bond donors (Lipinski definition) is 2. The second kappa shape index (κ2) is 11.3. The van der Waals surface area contributed by atoms with Crippen LogP contribution in [0.1, 0.15) is 12.7 Å². The lowest BCUT2D eigenvalue weighted by Gasteiger charge is -2.28. The summed E-state index contributed by atoms with van der Waals surface area (Å²) in [7, 11) is 1.74. The number of hydrogen-bond acceptors (Lipinski definition) is 8. The third-order valence-corrected chi connectivity index (χ3v) is 5.96. The Kier molecular flexibility index (Phi) is 8.47. The highest BCUT2D eigenvalue weighted by Crippen LogP contribution is 2.24. The molecule has 2 N–H and O–H groups in total. The van der Waals surface area contributed by atoms with Gasteiger partial charge in [-0.25, -0.2) is 9.78 Å². The average Bonchev–Trinajstić information content (AvgIpc) is 3.47. The van der Waals surface area contributed by atoms with Crippen molar-refractivity contribution in [1.82, 2.24) is 24.4 Å². The van der Waals surface area contributed by atoms with E-state index in [9.17, 15) is 18.0 Å². The Hall–Kier alpha value is -3.44. The first-order chi connectivity index (χ1) is 16.6. The van der Waals surface area contributed by atoms with Crippen molar-refractivity contribution in [3.05, 3.63) is 34.5 Å². The molecule has 0 radical (unpaired) electrons. The largest absolute Gasteiger partial charge is 0.490 e. The fourth-order valence-corrected chi connectivity index (χ4v) is 4.07. The van der Waals surface area contributed by atoms with Crippen molar-refractivity contribution in [3.8, 4) is 11.8 Å². The molecule has 0 amide bonds. The first kappa shape index (κ1) is 26.2. The minimum atomic E-state index is -5.08. The van der Waals surface area contributed by atoms with Crippen molar-refractivity contribution >= 4 is 34.8 Å². The van der Waals surface area contributed by atoms with Crippen LogP contribution in [0.3, 0.4) is 0 Å². The van der Waals surface area contributed by atoms with Crippen LogP contribution < -0.4 is 15.8 Å². The van der Waals surface area contributed by atoms with E-state index in [4.69, 9.17) is 19.3 Å². The summed E-state index contributed by atoms with van der Waals surface area (Å²) in [6.07, 6.45) is -3.44. The van der Waals surface area contributed by atoms with E-state index in [2.05, 4.69) is 27.0 Å². The lowest BCUT2D eigenvalue weighted by atomic mass is 10.4. The van der Waals surface area contributed by atoms with Crippen LogP contribution in [0.2, 0.25) is 0 Å². The Morgan fingerprint density at radius 3 is 2.57 bits per heavy atom. The van der Waals surface area contributed by atoms with E-state index in [0.29, 0.717) is 28.6 Å². The van der Waals surface area contributed by atoms with E-state index in [-0.39, 0.29) is 5.56 Å². The topological polar surface area (TPSA) is 118 Å². The molecule has 1 aliphatic rings. The number of fused-ring (bicyclic) bond motifs is 1. The lowest BCUT2D eigenvalue weighted by molar-refractivity contribution is -0.192. The predicted molar refractivity (Wildman–Crippen MR) is 123 cm³/mol. The molecule has 1 aliphatic heterocycles. The minimum absolute atomic E-state index is 0.112. The molecular formula is C21H23F3N6O4S. The van der Waals surface area contributed by atoms with Crippen LogP contribution in [-0.4, -0.2) is 62.5 Å². The zero-order valence-corrected chi connectivity index (χ0v) is 19.7. The van der Waals surface area contributed by atoms with Crippen LogP contribution in [0.5, 0.6) is 0 Å². The van der Waals surface area contributed by atoms with Gasteiger partial charge in [-0.15, -0.1) is 5.92 Å². The third kappa shape index (κ3) is 6.37. The molecule has 10 nitrogen and oxygen atoms in total. The lowest BCUT2D eigenvalue weighted by Crippen LogP contribution is -2.44. The van der Waals surface area contributed by atoms with Gasteiger partial charge in [0, 0.05) is 33.2 Å². The van der Waals surface area contributed by atoms with E-state index in [1.807, 2.05) is 16.7 Å². The fourth-order valence-electron chi connectivity index (χ4n) is 3.20. The number of carbonyl (C=O) groups is 1. The minimum Gasteiger partial charge on any atom is -0.475 e. The maximum Gasteiger partial charge on any atom is 0.490 e. The van der Waals surface area contributed by atoms with Crippen molar-refractivity contribution in [2.24, 2.45) is 7.05 Å². The van der Waals surface area contributed by atoms with Gasteiger partial charge in [0.15, 0.2) is 16.3 Å². The summed E-state index contributed by atoms with van der Waals surface area (Å²) < 4.78 is 40.6. The van der Waals surface area contributed by atoms with Crippen LogP contribution in [0.15, 0.2) is 32.8 Å². The van der Waals surface area contributed by atoms with Gasteiger partial charge < -0.3 is 19.7 Å². The summed E-state index contributed by atoms with van der Waals surface area (Å²) in [5.41, 5.74) is 0.858. The van der Waals surface area contributed by atoms with E-state index >= 15 is 0 Å². The highest BCUT2D eigenvalue weighted by atomic mass is 32.2. The molecule has 35 heavy (non-hydrogen) atoms. The van der Waals surface area contributed by atoms with Gasteiger partial charge in [-0.2, -0.15) is 18.2 Å². The number of aromatic nitrogens is 4. The van der Waals surface area contributed by atoms with Gasteiger partial charge in [0.05, 0.1) is 18.6 Å². The number of carboxylic acid groups (broad SMARTS) is 1. The summed E-state index contributed by atoms with van der Waals surface area (Å²) in [6.45, 7) is 5.66. The zero-order valence-electron chi connectivity index (χ0n) is 18.9. The van der Waals surface area contributed by atoms with Crippen LogP contribution in [0, 0.1) is 11.8 Å². The molecule has 0 aliphatic carbocycles. The summed E-state index contributed by atoms with van der Waals surface area (Å²) in [4.78, 5) is 33.6. The molecule has 0 aromatic carbocycles. The number of anilines is 1. The molecule has 0 bridgehead atoms. The molecule has 188 valence electrons. The number of aliphatic carboxylic acids is 1. The Morgan fingerprint density at radius 1 is 1.31 bits per heavy atom. The van der Waals surface area contributed by atoms with Crippen LogP contribution in [-0.2, 0) is 24.1 Å². The molecule has 0 saturated carbocycles. The van der Waals surface area contributed by atoms with Gasteiger partial charge in [-0.05, 0) is 19.1 Å². The molecule has 3 aromatic rings. The maximum absolute atomic E-state index is 13.1. The highest BCUT2D eigenvalue weighted by Gasteiger charge is 2.38. The summed E-state index contributed by atoms with van der Waals surface area (Å²) >= 11 is 1.46. The number of nitrogens with zero attached hydrogens (tertiary/aromatic N) is 5. The smallest absolute Gasteiger partial charge is 0.475 e. The van der Waals surface area contributed by atoms with Crippen molar-refractivity contribution in [3.63, 3.8) is 0 Å². The summed E-state index contributed by atoms with van der Waals surface area (Å²) in [6, 6.07) is 3.76. The number of piperazine rings is 1. The van der Waals surface area contributed by atoms with Gasteiger partial charge >= 0.3 is 12.1 Å². The molecule has 1 fully saturated rings. The second-order valence-electron chi connectivity index (χ2n) is 7.26. The van der Waals surface area contributed by atoms with Crippen LogP contribution in [0.25, 0.3) is 11.2 Å². The molecule has 4 heterocycles. The Morgan fingerprint density at radius 2 is 2.00 bits per heavy atom. The first-order valence-electron chi connectivity index (χ1n) is 10.4. The van der Waals surface area contributed by atoms with E-state index < -0.39 is 12.1 Å². The number of alkyl halides is 3. The van der Waals surface area contributed by atoms with Gasteiger partial charge in [-0.1, -0.05) is 17.7 Å². The van der Waals surface area contributed by atoms with Gasteiger partial charge in [0.25, 0.3) is 5.56 Å². The van der Waals surface area contributed by atoms with E-state index in [1.165, 1.54) is 11.8 Å². The van der Waals surface area contributed by atoms with Gasteiger partial charge in [0.1, 0.15) is 5.76 Å². The molecule has 4 rings (SSSR count). The van der Waals surface area contributed by atoms with Crippen LogP contribution in [0.4, 0.5) is 19.1 Å². The second-order valence-corrected chi connectivity index (χ2v) is 8.21. The molecular weight excluding hydrogens is 489 g/mol. The molecule has 0 spiro atoms. The number of imidazole rings is 1. The Bertz CT molecular complexity index is 1280. The Balaban J connectivity index is 0.000000429. The predicted octanol–water partition coefficient (Wildman–Crippen LogP) is 2.08. The maximum atomic E-state index is 13.1. The molecule has 0 atom stereocenters. The number of thioether (sulfide) groups is 1. The van der Waals surface area contributed by atoms with Crippen molar-refractivity contribution in [1.29, 1.82) is 0 Å². The zero-order chi connectivity index (χ0) is 25.6. The fraction of sp³-hybridized carbons (Fsp3) is 0.429. The highest BCUT2D eigenvalue weighted by molar-refractivity contribution is 7.98. The Labute approximate surface area is 202 Å². The van der Waals surface area contributed by atoms with Crippen molar-refractivity contribution in [2.45, 2.75) is 30.6 Å². The first-order valence-corrected chi connectivity index (χ1v) is 11.4. The van der Waals surface area contributed by atoms with Crippen LogP contribution >= 0.6 is 11.8 Å². The summed E-state index contributed by atoms with van der Waals surface area (Å²) in [5, 5.41) is 11.1. The van der Waals surface area contributed by atoms with Crippen molar-refractivity contribution < 1.29 is 27.5 Å². The van der Waals surface area contributed by atoms with E-state index in [0.717, 1.165) is 37.9 Å². The van der Waals surface area contributed by atoms with Gasteiger partial charge in [0.2, 0.25) is 5.95 Å². The quantitative estimate of drug-likeness (QED) is 0.301. The number of furan rings is 1. The summed E-state index contributed by atoms with van der Waals surface area (Å²) in [5.74, 6) is 5.42. The van der Waals surface area contributed by atoms with E-state index in [1.54, 1.807) is 24.8 Å². The third-order valence-electron chi connectivity index (χ3n) is 4.90. The standard InChI is InChI=1S/C19H22N6O2S.C2HF3O2/c1-3-4-9-25-15-16(21-18(25)24-10-7-20-8-11-24)22-19(23(2)17(15)26)28-13-14-6-5-12-27-14;3-2(4,5)1(6)7/h5-6,12,20H,7-11,13H2,1-2H3;(H,6,7). The number of nitrogens with one attached hydrogen (secondary N) is 1. The molecule has 0 unspecified atom stereocenters. The molecule has 1 saturated heterocycles. The monoisotopic (exact) mass is 512 g/mol. The molecule has 14 heteroatoms. The van der Waals surface area contributed by atoms with Gasteiger partial charge in [-0.3, -0.25) is 13.9 Å². The number of halogens is 3. The molecule has 3 aromatic heterocycles. The SMILES string of the molecule is CC#CCn1c(N2CCNCC2)nc2nc(SCc3ccco3)n(C)c(=O)c21.O=C(O)C(F)(F)F. The number of rotatable bonds is 5. The normalized spacial score (nSPS) is 13.7. The number of carboxylic acids is 1.